The summed E-state index contributed by atoms with van der Waals surface area (Å²) in [5, 5.41) is 2.73. The van der Waals surface area contributed by atoms with Gasteiger partial charge in [0.25, 0.3) is 5.91 Å². The molecule has 0 bridgehead atoms. The minimum absolute atomic E-state index is 0.0292. The van der Waals surface area contributed by atoms with Gasteiger partial charge in [0.15, 0.2) is 5.75 Å². The topological polar surface area (TPSA) is 55.4 Å². The first-order valence-electron chi connectivity index (χ1n) is 7.83. The van der Waals surface area contributed by atoms with Crippen LogP contribution in [0.1, 0.15) is 58.3 Å². The molecule has 1 aliphatic rings. The van der Waals surface area contributed by atoms with Gasteiger partial charge in [-0.1, -0.05) is 39.0 Å². The van der Waals surface area contributed by atoms with E-state index in [1.165, 1.54) is 44.9 Å². The number of thiol groups is 1. The van der Waals surface area contributed by atoms with Crippen LogP contribution in [0, 0.1) is 0 Å². The van der Waals surface area contributed by atoms with E-state index in [1.807, 2.05) is 0 Å². The molecule has 1 atom stereocenters. The van der Waals surface area contributed by atoms with E-state index >= 15 is 0 Å². The van der Waals surface area contributed by atoms with Crippen molar-refractivity contribution in [3.63, 3.8) is 0 Å². The Balaban J connectivity index is 1.88. The van der Waals surface area contributed by atoms with Crippen LogP contribution >= 0.6 is 0 Å². The first-order valence-corrected chi connectivity index (χ1v) is 9.09. The third-order valence-electron chi connectivity index (χ3n) is 3.45. The molecule has 0 spiro atoms. The van der Waals surface area contributed by atoms with Crippen molar-refractivity contribution in [2.75, 3.05) is 18.1 Å². The van der Waals surface area contributed by atoms with E-state index in [0.29, 0.717) is 18.8 Å². The molecule has 0 aromatic heterocycles. The summed E-state index contributed by atoms with van der Waals surface area (Å²) >= 11 is 1.16. The van der Waals surface area contributed by atoms with E-state index in [9.17, 15) is 9.59 Å². The monoisotopic (exact) mass is 302 g/mol. The van der Waals surface area contributed by atoms with Gasteiger partial charge in [0.1, 0.15) is 11.8 Å². The number of cyclic esters (lactones) is 1. The molecule has 5 heteroatoms. The molecule has 20 heavy (non-hydrogen) atoms. The lowest BCUT2D eigenvalue weighted by molar-refractivity contribution is -0.141. The number of hydrogen-bond donors (Lipinski definition) is 1. The highest BCUT2D eigenvalue weighted by Gasteiger charge is 2.28. The SMILES string of the molecule is CCCCCCCCC[SH+]CC(=O)NC1CCOC1=O. The summed E-state index contributed by atoms with van der Waals surface area (Å²) in [6, 6.07) is -0.406. The number of nitrogens with one attached hydrogen (secondary N) is 1. The molecule has 1 unspecified atom stereocenters. The van der Waals surface area contributed by atoms with E-state index in [4.69, 9.17) is 4.74 Å². The fraction of sp³-hybridized carbons (Fsp3) is 0.867. The Morgan fingerprint density at radius 1 is 1.25 bits per heavy atom. The Labute approximate surface area is 126 Å². The van der Waals surface area contributed by atoms with Crippen LogP contribution in [0.25, 0.3) is 0 Å². The average molecular weight is 302 g/mol. The largest absolute Gasteiger partial charge is 0.464 e. The summed E-state index contributed by atoms with van der Waals surface area (Å²) in [5.74, 6) is 1.26. The fourth-order valence-electron chi connectivity index (χ4n) is 2.23. The van der Waals surface area contributed by atoms with Crippen molar-refractivity contribution in [3.05, 3.63) is 0 Å². The molecule has 116 valence electrons. The Hall–Kier alpha value is -0.710. The molecule has 0 aliphatic carbocycles. The van der Waals surface area contributed by atoms with Gasteiger partial charge in [-0.2, -0.15) is 0 Å². The van der Waals surface area contributed by atoms with Gasteiger partial charge >= 0.3 is 5.97 Å². The van der Waals surface area contributed by atoms with Crippen molar-refractivity contribution >= 4 is 23.6 Å². The van der Waals surface area contributed by atoms with Crippen LogP contribution in [-0.4, -0.2) is 36.0 Å². The van der Waals surface area contributed by atoms with Crippen molar-refractivity contribution in [3.8, 4) is 0 Å². The zero-order valence-electron chi connectivity index (χ0n) is 12.5. The predicted molar refractivity (Wildman–Crippen MR) is 84.0 cm³/mol. The van der Waals surface area contributed by atoms with Crippen molar-refractivity contribution in [2.45, 2.75) is 64.3 Å². The Bertz CT molecular complexity index is 297. The van der Waals surface area contributed by atoms with Gasteiger partial charge in [0.2, 0.25) is 0 Å². The highest BCUT2D eigenvalue weighted by atomic mass is 32.2. The first kappa shape index (κ1) is 17.3. The van der Waals surface area contributed by atoms with Crippen LogP contribution in [-0.2, 0) is 26.1 Å². The molecule has 1 amide bonds. The normalized spacial score (nSPS) is 18.1. The van der Waals surface area contributed by atoms with Gasteiger partial charge in [0.05, 0.1) is 6.61 Å². The maximum absolute atomic E-state index is 11.6. The van der Waals surface area contributed by atoms with E-state index < -0.39 is 6.04 Å². The minimum Gasteiger partial charge on any atom is -0.464 e. The predicted octanol–water partition coefficient (Wildman–Crippen LogP) is 1.98. The second kappa shape index (κ2) is 11.0. The molecule has 0 aromatic carbocycles. The van der Waals surface area contributed by atoms with Crippen molar-refractivity contribution < 1.29 is 14.3 Å². The van der Waals surface area contributed by atoms with E-state index in [0.717, 1.165) is 17.5 Å². The number of rotatable bonds is 11. The van der Waals surface area contributed by atoms with Gasteiger partial charge in [0, 0.05) is 6.42 Å². The molecule has 4 nitrogen and oxygen atoms in total. The highest BCUT2D eigenvalue weighted by Crippen LogP contribution is 2.07. The van der Waals surface area contributed by atoms with E-state index in [2.05, 4.69) is 12.2 Å². The van der Waals surface area contributed by atoms with Gasteiger partial charge in [-0.15, -0.1) is 0 Å². The molecule has 0 radical (unpaired) electrons. The number of unbranched alkanes of at least 4 members (excludes halogenated alkanes) is 6. The summed E-state index contributed by atoms with van der Waals surface area (Å²) < 4.78 is 4.81. The van der Waals surface area contributed by atoms with Crippen molar-refractivity contribution in [1.29, 1.82) is 0 Å². The maximum Gasteiger partial charge on any atom is 0.328 e. The lowest BCUT2D eigenvalue weighted by atomic mass is 10.1. The molecular weight excluding hydrogens is 274 g/mol. The molecule has 0 aromatic rings. The van der Waals surface area contributed by atoms with Crippen LogP contribution in [0.4, 0.5) is 0 Å². The Kier molecular flexibility index (Phi) is 9.54. The first-order chi connectivity index (χ1) is 9.74. The van der Waals surface area contributed by atoms with Crippen LogP contribution < -0.4 is 5.32 Å². The Morgan fingerprint density at radius 3 is 2.60 bits per heavy atom. The molecule has 1 aliphatic heterocycles. The Morgan fingerprint density at radius 2 is 1.95 bits per heavy atom. The quantitative estimate of drug-likeness (QED) is 0.275. The van der Waals surface area contributed by atoms with Crippen LogP contribution in [0.15, 0.2) is 0 Å². The number of hydrogen-bond acceptors (Lipinski definition) is 3. The molecule has 1 saturated heterocycles. The van der Waals surface area contributed by atoms with Crippen molar-refractivity contribution in [2.24, 2.45) is 0 Å². The number of carbonyl (C=O) groups is 2. The summed E-state index contributed by atoms with van der Waals surface area (Å²) in [4.78, 5) is 22.8. The summed E-state index contributed by atoms with van der Waals surface area (Å²) in [5.41, 5.74) is 0. The number of carbonyl (C=O) groups excluding carboxylic acids is 2. The zero-order valence-corrected chi connectivity index (χ0v) is 13.4. The van der Waals surface area contributed by atoms with Crippen LogP contribution in [0.2, 0.25) is 0 Å². The molecule has 1 fully saturated rings. The summed E-state index contributed by atoms with van der Waals surface area (Å²) in [7, 11) is 0. The van der Waals surface area contributed by atoms with E-state index in [1.54, 1.807) is 0 Å². The van der Waals surface area contributed by atoms with E-state index in [-0.39, 0.29) is 11.9 Å². The average Bonchev–Trinajstić information content (AvgIpc) is 2.82. The number of amides is 1. The van der Waals surface area contributed by atoms with Gasteiger partial charge < -0.3 is 10.1 Å². The second-order valence-electron chi connectivity index (χ2n) is 5.30. The lowest BCUT2D eigenvalue weighted by Crippen LogP contribution is -2.39. The maximum atomic E-state index is 11.6. The zero-order chi connectivity index (χ0) is 14.6. The molecule has 0 saturated carbocycles. The van der Waals surface area contributed by atoms with Gasteiger partial charge in [-0.05, 0) is 24.6 Å². The lowest BCUT2D eigenvalue weighted by Gasteiger charge is -2.05. The van der Waals surface area contributed by atoms with Crippen LogP contribution in [0.3, 0.4) is 0 Å². The van der Waals surface area contributed by atoms with Gasteiger partial charge in [-0.3, -0.25) is 4.79 Å². The van der Waals surface area contributed by atoms with Gasteiger partial charge in [-0.25, -0.2) is 4.79 Å². The number of ether oxygens (including phenoxy) is 1. The third-order valence-corrected chi connectivity index (χ3v) is 4.59. The molecule has 1 N–H and O–H groups in total. The summed E-state index contributed by atoms with van der Waals surface area (Å²) in [6.45, 7) is 2.66. The molecule has 1 heterocycles. The molecular formula is C15H28NO3S+. The minimum atomic E-state index is -0.406. The second-order valence-corrected chi connectivity index (χ2v) is 6.51. The molecule has 1 rings (SSSR count). The third kappa shape index (κ3) is 7.78. The highest BCUT2D eigenvalue weighted by molar-refractivity contribution is 7.79. The van der Waals surface area contributed by atoms with Crippen LogP contribution in [0.5, 0.6) is 0 Å². The van der Waals surface area contributed by atoms with Crippen molar-refractivity contribution in [1.82, 2.24) is 5.32 Å². The number of esters is 1. The standard InChI is InChI=1S/C15H27NO3S/c1-2-3-4-5-6-7-8-11-20-12-14(17)16-13-9-10-19-15(13)18/h13H,2-12H2,1H3,(H,16,17)/p+1. The summed E-state index contributed by atoms with van der Waals surface area (Å²) in [6.07, 6.45) is 9.74. The fourth-order valence-corrected chi connectivity index (χ4v) is 3.13. The smallest absolute Gasteiger partial charge is 0.328 e.